The van der Waals surface area contributed by atoms with Crippen LogP contribution >= 0.6 is 0 Å². The van der Waals surface area contributed by atoms with Crippen LogP contribution in [0.25, 0.3) is 5.65 Å². The van der Waals surface area contributed by atoms with Crippen LogP contribution in [0.5, 0.6) is 11.5 Å². The number of ether oxygens (including phenoxy) is 1. The first kappa shape index (κ1) is 14.7. The highest BCUT2D eigenvalue weighted by molar-refractivity contribution is 5.69. The van der Waals surface area contributed by atoms with Gasteiger partial charge < -0.3 is 10.1 Å². The fourth-order valence-electron chi connectivity index (χ4n) is 2.36. The summed E-state index contributed by atoms with van der Waals surface area (Å²) in [4.78, 5) is 4.29. The molecule has 4 rings (SSSR count). The molecule has 0 unspecified atom stereocenters. The molecular formula is C18H12N6O. The van der Waals surface area contributed by atoms with Crippen molar-refractivity contribution in [1.29, 1.82) is 5.26 Å². The Morgan fingerprint density at radius 1 is 1.08 bits per heavy atom. The SMILES string of the molecule is N#Cc1ccccc1Oc1ccc(Nc2nccn3cnnc23)cc1. The maximum absolute atomic E-state index is 9.11. The molecular weight excluding hydrogens is 316 g/mol. The minimum Gasteiger partial charge on any atom is -0.456 e. The number of nitrogens with zero attached hydrogens (tertiary/aromatic N) is 5. The van der Waals surface area contributed by atoms with Gasteiger partial charge in [-0.2, -0.15) is 5.26 Å². The summed E-state index contributed by atoms with van der Waals surface area (Å²) in [5.41, 5.74) is 1.97. The van der Waals surface area contributed by atoms with Gasteiger partial charge in [0.25, 0.3) is 0 Å². The average Bonchev–Trinajstić information content (AvgIpc) is 3.14. The lowest BCUT2D eigenvalue weighted by Gasteiger charge is -2.09. The molecule has 120 valence electrons. The van der Waals surface area contributed by atoms with Crippen LogP contribution in [0.15, 0.2) is 67.3 Å². The quantitative estimate of drug-likeness (QED) is 0.616. The standard InChI is InChI=1S/C18H12N6O/c19-11-13-3-1-2-4-16(13)25-15-7-5-14(6-8-15)22-17-18-23-21-12-24(18)10-9-20-17/h1-10,12H,(H,20,22). The Hall–Kier alpha value is -3.92. The Balaban J connectivity index is 1.54. The first-order valence-corrected chi connectivity index (χ1v) is 7.52. The molecule has 0 bridgehead atoms. The highest BCUT2D eigenvalue weighted by Crippen LogP contribution is 2.26. The van der Waals surface area contributed by atoms with Crippen molar-refractivity contribution in [3.63, 3.8) is 0 Å². The maximum atomic E-state index is 9.11. The Labute approximate surface area is 143 Å². The summed E-state index contributed by atoms with van der Waals surface area (Å²) in [5, 5.41) is 20.2. The zero-order chi connectivity index (χ0) is 17.1. The van der Waals surface area contributed by atoms with Crippen molar-refractivity contribution in [3.05, 3.63) is 72.8 Å². The minimum absolute atomic E-state index is 0.493. The van der Waals surface area contributed by atoms with Gasteiger partial charge in [0.1, 0.15) is 23.9 Å². The Kier molecular flexibility index (Phi) is 3.69. The molecule has 0 radical (unpaired) electrons. The molecule has 0 aliphatic heterocycles. The second kappa shape index (κ2) is 6.29. The van der Waals surface area contributed by atoms with E-state index in [0.717, 1.165) is 5.69 Å². The van der Waals surface area contributed by atoms with Gasteiger partial charge in [0.2, 0.25) is 5.65 Å². The molecule has 0 atom stereocenters. The van der Waals surface area contributed by atoms with E-state index in [0.29, 0.717) is 28.5 Å². The number of benzene rings is 2. The van der Waals surface area contributed by atoms with Crippen LogP contribution < -0.4 is 10.1 Å². The van der Waals surface area contributed by atoms with Gasteiger partial charge in [-0.25, -0.2) is 4.98 Å². The number of rotatable bonds is 4. The van der Waals surface area contributed by atoms with E-state index in [-0.39, 0.29) is 0 Å². The zero-order valence-corrected chi connectivity index (χ0v) is 13.0. The summed E-state index contributed by atoms with van der Waals surface area (Å²) in [6.45, 7) is 0. The molecule has 0 saturated heterocycles. The summed E-state index contributed by atoms with van der Waals surface area (Å²) in [6, 6.07) is 16.6. The molecule has 25 heavy (non-hydrogen) atoms. The third-order valence-corrected chi connectivity index (χ3v) is 3.57. The van der Waals surface area contributed by atoms with Crippen molar-refractivity contribution in [3.8, 4) is 17.6 Å². The number of nitrogens with one attached hydrogen (secondary N) is 1. The van der Waals surface area contributed by atoms with E-state index in [2.05, 4.69) is 26.6 Å². The van der Waals surface area contributed by atoms with E-state index in [9.17, 15) is 0 Å². The molecule has 2 aromatic carbocycles. The van der Waals surface area contributed by atoms with Crippen molar-refractivity contribution < 1.29 is 4.74 Å². The van der Waals surface area contributed by atoms with Crippen molar-refractivity contribution in [2.24, 2.45) is 0 Å². The average molecular weight is 328 g/mol. The predicted octanol–water partition coefficient (Wildman–Crippen LogP) is 3.53. The van der Waals surface area contributed by atoms with E-state index < -0.39 is 0 Å². The molecule has 0 spiro atoms. The van der Waals surface area contributed by atoms with Crippen LogP contribution in [0, 0.1) is 11.3 Å². The van der Waals surface area contributed by atoms with E-state index in [1.807, 2.05) is 30.3 Å². The van der Waals surface area contributed by atoms with Gasteiger partial charge in [-0.15, -0.1) is 10.2 Å². The van der Waals surface area contributed by atoms with Gasteiger partial charge in [0.15, 0.2) is 5.82 Å². The van der Waals surface area contributed by atoms with Crippen molar-refractivity contribution >= 4 is 17.2 Å². The molecule has 0 saturated carbocycles. The zero-order valence-electron chi connectivity index (χ0n) is 13.0. The first-order chi connectivity index (χ1) is 12.3. The number of hydrogen-bond donors (Lipinski definition) is 1. The molecule has 0 aliphatic carbocycles. The van der Waals surface area contributed by atoms with Crippen LogP contribution in [-0.4, -0.2) is 19.6 Å². The smallest absolute Gasteiger partial charge is 0.203 e. The fourth-order valence-corrected chi connectivity index (χ4v) is 2.36. The molecule has 4 aromatic rings. The molecule has 7 nitrogen and oxygen atoms in total. The van der Waals surface area contributed by atoms with Gasteiger partial charge in [0.05, 0.1) is 5.56 Å². The molecule has 2 heterocycles. The summed E-state index contributed by atoms with van der Waals surface area (Å²) in [6.07, 6.45) is 5.07. The number of para-hydroxylation sites is 1. The summed E-state index contributed by atoms with van der Waals surface area (Å²) in [5.74, 6) is 1.78. The van der Waals surface area contributed by atoms with Crippen LogP contribution in [0.4, 0.5) is 11.5 Å². The lowest BCUT2D eigenvalue weighted by molar-refractivity contribution is 0.481. The van der Waals surface area contributed by atoms with Crippen molar-refractivity contribution in [2.75, 3.05) is 5.32 Å². The van der Waals surface area contributed by atoms with Crippen LogP contribution in [-0.2, 0) is 0 Å². The summed E-state index contributed by atoms with van der Waals surface area (Å²) < 4.78 is 7.55. The minimum atomic E-state index is 0.493. The van der Waals surface area contributed by atoms with Crippen molar-refractivity contribution in [1.82, 2.24) is 19.6 Å². The molecule has 0 amide bonds. The topological polar surface area (TPSA) is 88.1 Å². The Morgan fingerprint density at radius 3 is 2.76 bits per heavy atom. The number of anilines is 2. The van der Waals surface area contributed by atoms with Crippen LogP contribution in [0.1, 0.15) is 5.56 Å². The van der Waals surface area contributed by atoms with Crippen LogP contribution in [0.3, 0.4) is 0 Å². The lowest BCUT2D eigenvalue weighted by Crippen LogP contribution is -1.97. The Morgan fingerprint density at radius 2 is 1.92 bits per heavy atom. The van der Waals surface area contributed by atoms with Gasteiger partial charge in [-0.05, 0) is 36.4 Å². The van der Waals surface area contributed by atoms with Crippen molar-refractivity contribution in [2.45, 2.75) is 0 Å². The van der Waals surface area contributed by atoms with E-state index in [4.69, 9.17) is 10.00 Å². The Bertz CT molecular complexity index is 1060. The lowest BCUT2D eigenvalue weighted by atomic mass is 10.2. The van der Waals surface area contributed by atoms with Gasteiger partial charge >= 0.3 is 0 Å². The number of aromatic nitrogens is 4. The third-order valence-electron chi connectivity index (χ3n) is 3.57. The summed E-state index contributed by atoms with van der Waals surface area (Å²) >= 11 is 0. The monoisotopic (exact) mass is 328 g/mol. The number of fused-ring (bicyclic) bond motifs is 1. The second-order valence-corrected chi connectivity index (χ2v) is 5.20. The molecule has 0 aliphatic rings. The molecule has 0 fully saturated rings. The number of hydrogen-bond acceptors (Lipinski definition) is 6. The van der Waals surface area contributed by atoms with Gasteiger partial charge in [-0.1, -0.05) is 12.1 Å². The highest BCUT2D eigenvalue weighted by Gasteiger charge is 2.06. The highest BCUT2D eigenvalue weighted by atomic mass is 16.5. The molecule has 1 N–H and O–H groups in total. The second-order valence-electron chi connectivity index (χ2n) is 5.20. The third kappa shape index (κ3) is 2.96. The molecule has 2 aromatic heterocycles. The van der Waals surface area contributed by atoms with Gasteiger partial charge in [-0.3, -0.25) is 4.40 Å². The first-order valence-electron chi connectivity index (χ1n) is 7.52. The normalized spacial score (nSPS) is 10.4. The fraction of sp³-hybridized carbons (Fsp3) is 0. The number of nitriles is 1. The van der Waals surface area contributed by atoms with E-state index in [1.165, 1.54) is 0 Å². The van der Waals surface area contributed by atoms with Gasteiger partial charge in [0, 0.05) is 18.1 Å². The van der Waals surface area contributed by atoms with E-state index >= 15 is 0 Å². The summed E-state index contributed by atoms with van der Waals surface area (Å²) in [7, 11) is 0. The largest absolute Gasteiger partial charge is 0.456 e. The van der Waals surface area contributed by atoms with E-state index in [1.54, 1.807) is 41.3 Å². The molecule has 7 heteroatoms. The predicted molar refractivity (Wildman–Crippen MR) is 91.7 cm³/mol. The maximum Gasteiger partial charge on any atom is 0.203 e. The van der Waals surface area contributed by atoms with Crippen LogP contribution in [0.2, 0.25) is 0 Å².